The van der Waals surface area contributed by atoms with Gasteiger partial charge in [-0.15, -0.1) is 0 Å². The van der Waals surface area contributed by atoms with Crippen LogP contribution in [0, 0.1) is 11.8 Å². The SMILES string of the molecule is CCCCCC(COO)C(=O)OCC1CC2C=CC1O2. The number of carbonyl (C=O) groups excluding carboxylic acids is 1. The predicted molar refractivity (Wildman–Crippen MR) is 73.1 cm³/mol. The topological polar surface area (TPSA) is 65.0 Å². The predicted octanol–water partition coefficient (Wildman–Crippen LogP) is 2.56. The highest BCUT2D eigenvalue weighted by Gasteiger charge is 2.37. The quantitative estimate of drug-likeness (QED) is 0.232. The number of rotatable bonds is 9. The van der Waals surface area contributed by atoms with E-state index in [1.54, 1.807) is 0 Å². The Kier molecular flexibility index (Phi) is 6.01. The maximum atomic E-state index is 12.0. The maximum absolute atomic E-state index is 12.0. The summed E-state index contributed by atoms with van der Waals surface area (Å²) in [5, 5.41) is 8.57. The lowest BCUT2D eigenvalue weighted by Gasteiger charge is -2.18. The van der Waals surface area contributed by atoms with E-state index in [1.807, 2.05) is 6.08 Å². The van der Waals surface area contributed by atoms with E-state index < -0.39 is 0 Å². The van der Waals surface area contributed by atoms with Gasteiger partial charge in [0.2, 0.25) is 0 Å². The van der Waals surface area contributed by atoms with E-state index in [9.17, 15) is 4.79 Å². The minimum absolute atomic E-state index is 0.00959. The highest BCUT2D eigenvalue weighted by Crippen LogP contribution is 2.33. The van der Waals surface area contributed by atoms with Gasteiger partial charge in [-0.25, -0.2) is 4.89 Å². The molecule has 2 heterocycles. The Morgan fingerprint density at radius 2 is 2.30 bits per heavy atom. The Bertz CT molecular complexity index is 341. The average Bonchev–Trinajstić information content (AvgIpc) is 3.06. The molecule has 2 aliphatic rings. The second-order valence-corrected chi connectivity index (χ2v) is 5.64. The summed E-state index contributed by atoms with van der Waals surface area (Å²) in [6, 6.07) is 0. The van der Waals surface area contributed by atoms with E-state index in [1.165, 1.54) is 0 Å². The van der Waals surface area contributed by atoms with Crippen LogP contribution in [0.5, 0.6) is 0 Å². The number of ether oxygens (including phenoxy) is 2. The zero-order valence-corrected chi connectivity index (χ0v) is 12.0. The summed E-state index contributed by atoms with van der Waals surface area (Å²) in [5.74, 6) is -0.385. The van der Waals surface area contributed by atoms with E-state index in [-0.39, 0.29) is 36.6 Å². The molecule has 114 valence electrons. The Hall–Kier alpha value is -0.910. The van der Waals surface area contributed by atoms with Crippen molar-refractivity contribution in [2.24, 2.45) is 11.8 Å². The molecule has 2 bridgehead atoms. The standard InChI is InChI=1S/C15H24O5/c1-2-3-4-5-11(10-19-17)15(16)18-9-12-8-13-6-7-14(12)20-13/h6-7,11-14,17H,2-5,8-10H2,1H3. The first-order valence-electron chi connectivity index (χ1n) is 7.51. The average molecular weight is 284 g/mol. The summed E-state index contributed by atoms with van der Waals surface area (Å²) in [6.07, 6.45) is 9.13. The second-order valence-electron chi connectivity index (χ2n) is 5.64. The van der Waals surface area contributed by atoms with Crippen LogP contribution in [0.1, 0.15) is 39.0 Å². The summed E-state index contributed by atoms with van der Waals surface area (Å²) in [5.41, 5.74) is 0. The lowest BCUT2D eigenvalue weighted by molar-refractivity contribution is -0.252. The van der Waals surface area contributed by atoms with E-state index in [2.05, 4.69) is 17.9 Å². The fraction of sp³-hybridized carbons (Fsp3) is 0.800. The first-order valence-corrected chi connectivity index (χ1v) is 7.51. The fourth-order valence-corrected chi connectivity index (χ4v) is 2.83. The Labute approximate surface area is 119 Å². The lowest BCUT2D eigenvalue weighted by atomic mass is 9.95. The molecule has 0 aromatic heterocycles. The Morgan fingerprint density at radius 3 is 2.90 bits per heavy atom. The normalized spacial score (nSPS) is 28.8. The van der Waals surface area contributed by atoms with Crippen molar-refractivity contribution < 1.29 is 24.4 Å². The minimum atomic E-state index is -0.374. The van der Waals surface area contributed by atoms with Crippen LogP contribution < -0.4 is 0 Å². The van der Waals surface area contributed by atoms with E-state index in [0.717, 1.165) is 25.7 Å². The van der Waals surface area contributed by atoms with E-state index in [0.29, 0.717) is 13.0 Å². The van der Waals surface area contributed by atoms with Crippen LogP contribution in [-0.4, -0.2) is 36.6 Å². The van der Waals surface area contributed by atoms with Gasteiger partial charge in [-0.3, -0.25) is 10.1 Å². The van der Waals surface area contributed by atoms with Crippen molar-refractivity contribution in [2.45, 2.75) is 51.2 Å². The zero-order valence-electron chi connectivity index (χ0n) is 12.0. The molecule has 20 heavy (non-hydrogen) atoms. The third-order valence-corrected chi connectivity index (χ3v) is 4.05. The van der Waals surface area contributed by atoms with Crippen molar-refractivity contribution in [3.63, 3.8) is 0 Å². The van der Waals surface area contributed by atoms with Crippen molar-refractivity contribution in [3.05, 3.63) is 12.2 Å². The number of hydrogen-bond donors (Lipinski definition) is 1. The highest BCUT2D eigenvalue weighted by molar-refractivity contribution is 5.72. The third-order valence-electron chi connectivity index (χ3n) is 4.05. The van der Waals surface area contributed by atoms with Crippen molar-refractivity contribution in [3.8, 4) is 0 Å². The summed E-state index contributed by atoms with van der Waals surface area (Å²) in [4.78, 5) is 16.2. The number of hydrogen-bond acceptors (Lipinski definition) is 5. The molecule has 0 saturated carbocycles. The second kappa shape index (κ2) is 7.76. The lowest BCUT2D eigenvalue weighted by Crippen LogP contribution is -2.27. The van der Waals surface area contributed by atoms with Crippen LogP contribution in [-0.2, 0) is 19.2 Å². The third kappa shape index (κ3) is 4.04. The van der Waals surface area contributed by atoms with Gasteiger partial charge in [-0.1, -0.05) is 38.3 Å². The van der Waals surface area contributed by atoms with Crippen molar-refractivity contribution in [2.75, 3.05) is 13.2 Å². The number of esters is 1. The molecule has 5 nitrogen and oxygen atoms in total. The molecule has 2 aliphatic heterocycles. The molecule has 0 aliphatic carbocycles. The molecule has 0 radical (unpaired) electrons. The molecular weight excluding hydrogens is 260 g/mol. The summed E-state index contributed by atoms with van der Waals surface area (Å²) in [7, 11) is 0. The van der Waals surface area contributed by atoms with Gasteiger partial charge in [0.15, 0.2) is 0 Å². The zero-order chi connectivity index (χ0) is 14.4. The Morgan fingerprint density at radius 1 is 1.45 bits per heavy atom. The number of unbranched alkanes of at least 4 members (excludes halogenated alkanes) is 2. The van der Waals surface area contributed by atoms with Crippen molar-refractivity contribution in [1.82, 2.24) is 0 Å². The van der Waals surface area contributed by atoms with Crippen LogP contribution in [0.25, 0.3) is 0 Å². The monoisotopic (exact) mass is 284 g/mol. The van der Waals surface area contributed by atoms with Gasteiger partial charge in [0, 0.05) is 5.92 Å². The molecule has 0 aromatic carbocycles. The largest absolute Gasteiger partial charge is 0.465 e. The number of fused-ring (bicyclic) bond motifs is 2. The summed E-state index contributed by atoms with van der Waals surface area (Å²) >= 11 is 0. The first-order chi connectivity index (χ1) is 9.74. The molecule has 0 spiro atoms. The Balaban J connectivity index is 1.72. The van der Waals surface area contributed by atoms with Crippen LogP contribution in [0.4, 0.5) is 0 Å². The van der Waals surface area contributed by atoms with Gasteiger partial charge in [-0.05, 0) is 12.8 Å². The fourth-order valence-electron chi connectivity index (χ4n) is 2.83. The molecule has 0 amide bonds. The van der Waals surface area contributed by atoms with Crippen LogP contribution in [0.3, 0.4) is 0 Å². The maximum Gasteiger partial charge on any atom is 0.311 e. The van der Waals surface area contributed by atoms with Gasteiger partial charge < -0.3 is 9.47 Å². The molecule has 0 aromatic rings. The summed E-state index contributed by atoms with van der Waals surface area (Å²) in [6.45, 7) is 2.51. The van der Waals surface area contributed by atoms with Crippen LogP contribution in [0.2, 0.25) is 0 Å². The first kappa shape index (κ1) is 15.5. The van der Waals surface area contributed by atoms with Gasteiger partial charge in [0.25, 0.3) is 0 Å². The smallest absolute Gasteiger partial charge is 0.311 e. The molecule has 1 saturated heterocycles. The molecule has 5 heteroatoms. The van der Waals surface area contributed by atoms with Gasteiger partial charge in [-0.2, -0.15) is 0 Å². The molecule has 4 atom stereocenters. The highest BCUT2D eigenvalue weighted by atomic mass is 17.1. The molecule has 1 N–H and O–H groups in total. The number of carbonyl (C=O) groups is 1. The molecular formula is C15H24O5. The van der Waals surface area contributed by atoms with Gasteiger partial charge in [0.1, 0.15) is 0 Å². The van der Waals surface area contributed by atoms with Crippen LogP contribution in [0.15, 0.2) is 12.2 Å². The molecule has 2 rings (SSSR count). The van der Waals surface area contributed by atoms with Crippen molar-refractivity contribution >= 4 is 5.97 Å². The van der Waals surface area contributed by atoms with Gasteiger partial charge in [0.05, 0.1) is 31.3 Å². The van der Waals surface area contributed by atoms with Crippen molar-refractivity contribution in [1.29, 1.82) is 0 Å². The molecule has 1 fully saturated rings. The molecule has 4 unspecified atom stereocenters. The van der Waals surface area contributed by atoms with Gasteiger partial charge >= 0.3 is 5.97 Å². The van der Waals surface area contributed by atoms with E-state index >= 15 is 0 Å². The summed E-state index contributed by atoms with van der Waals surface area (Å²) < 4.78 is 11.0. The minimum Gasteiger partial charge on any atom is -0.465 e. The van der Waals surface area contributed by atoms with E-state index in [4.69, 9.17) is 14.7 Å². The van der Waals surface area contributed by atoms with Crippen LogP contribution >= 0.6 is 0 Å².